The molecule has 0 aliphatic carbocycles. The molecule has 1 N–H and O–H groups in total. The van der Waals surface area contributed by atoms with Crippen molar-refractivity contribution in [2.24, 2.45) is 0 Å². The van der Waals surface area contributed by atoms with Gasteiger partial charge in [-0.05, 0) is 6.42 Å². The largest absolute Gasteiger partial charge is 0.355 e. The summed E-state index contributed by atoms with van der Waals surface area (Å²) in [6.07, 6.45) is 4.43. The lowest BCUT2D eigenvalue weighted by Crippen LogP contribution is -2.36. The van der Waals surface area contributed by atoms with Crippen LogP contribution in [0.3, 0.4) is 0 Å². The molecule has 0 spiro atoms. The van der Waals surface area contributed by atoms with Crippen molar-refractivity contribution >= 4 is 18.1 Å². The van der Waals surface area contributed by atoms with Crippen LogP contribution in [0, 0.1) is 0 Å². The number of likely N-dealkylation sites (N-methyl/N-ethyl adjacent to an activating group) is 1. The fourth-order valence-corrected chi connectivity index (χ4v) is 1.20. The zero-order valence-electron chi connectivity index (χ0n) is 10.0. The Balaban J connectivity index is 2.53. The van der Waals surface area contributed by atoms with E-state index < -0.39 is 0 Å². The molecule has 6 nitrogen and oxygen atoms in total. The van der Waals surface area contributed by atoms with Gasteiger partial charge in [0.15, 0.2) is 6.29 Å². The summed E-state index contributed by atoms with van der Waals surface area (Å²) in [7, 11) is 1.72. The minimum Gasteiger partial charge on any atom is -0.355 e. The molecule has 0 aromatic carbocycles. The van der Waals surface area contributed by atoms with Crippen molar-refractivity contribution < 1.29 is 9.59 Å². The minimum atomic E-state index is -0.0718. The molecule has 0 aliphatic rings. The predicted octanol–water partition coefficient (Wildman–Crippen LogP) is 0.251. The van der Waals surface area contributed by atoms with Crippen LogP contribution in [-0.2, 0) is 4.79 Å². The van der Waals surface area contributed by atoms with Gasteiger partial charge >= 0.3 is 0 Å². The fourth-order valence-electron chi connectivity index (χ4n) is 1.20. The minimum absolute atomic E-state index is 0.0718. The molecule has 0 atom stereocenters. The first-order valence-electron chi connectivity index (χ1n) is 5.42. The molecule has 1 amide bonds. The van der Waals surface area contributed by atoms with Crippen molar-refractivity contribution in [2.45, 2.75) is 13.3 Å². The van der Waals surface area contributed by atoms with E-state index in [4.69, 9.17) is 0 Å². The lowest BCUT2D eigenvalue weighted by Gasteiger charge is -2.16. The van der Waals surface area contributed by atoms with Crippen molar-refractivity contribution in [1.29, 1.82) is 0 Å². The van der Waals surface area contributed by atoms with Gasteiger partial charge in [0.2, 0.25) is 11.9 Å². The third-order valence-corrected chi connectivity index (χ3v) is 2.09. The van der Waals surface area contributed by atoms with Crippen LogP contribution in [0.15, 0.2) is 12.4 Å². The predicted molar refractivity (Wildman–Crippen MR) is 64.0 cm³/mol. The average Bonchev–Trinajstić information content (AvgIpc) is 2.36. The molecule has 0 fully saturated rings. The van der Waals surface area contributed by atoms with Crippen LogP contribution in [0.25, 0.3) is 0 Å². The SMILES string of the molecule is CCCNC(=O)CN(C)c1ncc(C=O)cn1. The lowest BCUT2D eigenvalue weighted by molar-refractivity contribution is -0.119. The van der Waals surface area contributed by atoms with E-state index in [1.165, 1.54) is 12.4 Å². The first kappa shape index (κ1) is 13.1. The second-order valence-electron chi connectivity index (χ2n) is 3.64. The number of carbonyl (C=O) groups excluding carboxylic acids is 2. The van der Waals surface area contributed by atoms with Crippen LogP contribution in [0.1, 0.15) is 23.7 Å². The van der Waals surface area contributed by atoms with E-state index in [-0.39, 0.29) is 12.5 Å². The lowest BCUT2D eigenvalue weighted by atomic mass is 10.4. The summed E-state index contributed by atoms with van der Waals surface area (Å²) < 4.78 is 0. The molecule has 1 rings (SSSR count). The van der Waals surface area contributed by atoms with Crippen LogP contribution >= 0.6 is 0 Å². The smallest absolute Gasteiger partial charge is 0.239 e. The third kappa shape index (κ3) is 4.18. The maximum absolute atomic E-state index is 11.4. The van der Waals surface area contributed by atoms with Crippen molar-refractivity contribution in [2.75, 3.05) is 25.0 Å². The molecule has 0 aliphatic heterocycles. The van der Waals surface area contributed by atoms with E-state index in [9.17, 15) is 9.59 Å². The van der Waals surface area contributed by atoms with E-state index in [1.54, 1.807) is 11.9 Å². The number of carbonyl (C=O) groups is 2. The summed E-state index contributed by atoms with van der Waals surface area (Å²) in [4.78, 5) is 31.5. The number of hydrogen-bond acceptors (Lipinski definition) is 5. The van der Waals surface area contributed by atoms with Crippen LogP contribution in [0.2, 0.25) is 0 Å². The van der Waals surface area contributed by atoms with Gasteiger partial charge in [0.05, 0.1) is 12.1 Å². The van der Waals surface area contributed by atoms with Crippen LogP contribution in [-0.4, -0.2) is 42.3 Å². The van der Waals surface area contributed by atoms with Crippen LogP contribution in [0.5, 0.6) is 0 Å². The molecule has 0 unspecified atom stereocenters. The summed E-state index contributed by atoms with van der Waals surface area (Å²) in [5.41, 5.74) is 0.414. The average molecular weight is 236 g/mol. The van der Waals surface area contributed by atoms with Crippen molar-refractivity contribution in [3.05, 3.63) is 18.0 Å². The molecule has 0 saturated heterocycles. The Morgan fingerprint density at radius 2 is 2.12 bits per heavy atom. The molecule has 1 aromatic rings. The van der Waals surface area contributed by atoms with Gasteiger partial charge in [-0.1, -0.05) is 6.92 Å². The van der Waals surface area contributed by atoms with Crippen molar-refractivity contribution in [3.63, 3.8) is 0 Å². The summed E-state index contributed by atoms with van der Waals surface area (Å²) in [6, 6.07) is 0. The topological polar surface area (TPSA) is 75.2 Å². The van der Waals surface area contributed by atoms with Gasteiger partial charge in [0.25, 0.3) is 0 Å². The van der Waals surface area contributed by atoms with Crippen LogP contribution in [0.4, 0.5) is 5.95 Å². The van der Waals surface area contributed by atoms with Crippen molar-refractivity contribution in [1.82, 2.24) is 15.3 Å². The maximum atomic E-state index is 11.4. The molecule has 0 bridgehead atoms. The Kier molecular flexibility index (Phi) is 5.06. The summed E-state index contributed by atoms with van der Waals surface area (Å²) in [6.45, 7) is 2.85. The number of amides is 1. The second-order valence-corrected chi connectivity index (χ2v) is 3.64. The first-order chi connectivity index (χ1) is 8.17. The van der Waals surface area contributed by atoms with Gasteiger partial charge in [-0.3, -0.25) is 9.59 Å². The molecule has 1 aromatic heterocycles. The summed E-state index contributed by atoms with van der Waals surface area (Å²) >= 11 is 0. The number of hydrogen-bond donors (Lipinski definition) is 1. The second kappa shape index (κ2) is 6.57. The highest BCUT2D eigenvalue weighted by Gasteiger charge is 2.08. The maximum Gasteiger partial charge on any atom is 0.239 e. The number of aromatic nitrogens is 2. The van der Waals surface area contributed by atoms with Gasteiger partial charge in [-0.2, -0.15) is 0 Å². The van der Waals surface area contributed by atoms with E-state index >= 15 is 0 Å². The molecular weight excluding hydrogens is 220 g/mol. The zero-order chi connectivity index (χ0) is 12.7. The number of nitrogens with zero attached hydrogens (tertiary/aromatic N) is 3. The Morgan fingerprint density at radius 1 is 1.47 bits per heavy atom. The Morgan fingerprint density at radius 3 is 2.65 bits per heavy atom. The molecule has 92 valence electrons. The summed E-state index contributed by atoms with van der Waals surface area (Å²) in [5.74, 6) is 0.347. The Bertz CT molecular complexity index is 378. The highest BCUT2D eigenvalue weighted by molar-refractivity contribution is 5.80. The fraction of sp³-hybridized carbons (Fsp3) is 0.455. The third-order valence-electron chi connectivity index (χ3n) is 2.09. The Hall–Kier alpha value is -1.98. The number of nitrogens with one attached hydrogen (secondary N) is 1. The standard InChI is InChI=1S/C11H16N4O2/c1-3-4-12-10(17)7-15(2)11-13-5-9(8-16)6-14-11/h5-6,8H,3-4,7H2,1-2H3,(H,12,17). The van der Waals surface area contributed by atoms with E-state index in [0.717, 1.165) is 6.42 Å². The number of anilines is 1. The molecule has 0 saturated carbocycles. The van der Waals surface area contributed by atoms with E-state index in [0.29, 0.717) is 24.3 Å². The molecular formula is C11H16N4O2. The quantitative estimate of drug-likeness (QED) is 0.717. The normalized spacial score (nSPS) is 9.76. The number of rotatable bonds is 6. The van der Waals surface area contributed by atoms with E-state index in [1.807, 2.05) is 6.92 Å². The molecule has 0 radical (unpaired) electrons. The van der Waals surface area contributed by atoms with Gasteiger partial charge in [-0.15, -0.1) is 0 Å². The molecule has 17 heavy (non-hydrogen) atoms. The molecule has 6 heteroatoms. The summed E-state index contributed by atoms with van der Waals surface area (Å²) in [5, 5.41) is 2.76. The van der Waals surface area contributed by atoms with Crippen LogP contribution < -0.4 is 10.2 Å². The number of aldehydes is 1. The highest BCUT2D eigenvalue weighted by atomic mass is 16.2. The van der Waals surface area contributed by atoms with Gasteiger partial charge in [0.1, 0.15) is 0 Å². The monoisotopic (exact) mass is 236 g/mol. The van der Waals surface area contributed by atoms with Gasteiger partial charge in [0, 0.05) is 26.0 Å². The van der Waals surface area contributed by atoms with E-state index in [2.05, 4.69) is 15.3 Å². The van der Waals surface area contributed by atoms with Crippen molar-refractivity contribution in [3.8, 4) is 0 Å². The molecule has 1 heterocycles. The zero-order valence-corrected chi connectivity index (χ0v) is 10.0. The first-order valence-corrected chi connectivity index (χ1v) is 5.42. The van der Waals surface area contributed by atoms with Gasteiger partial charge < -0.3 is 10.2 Å². The van der Waals surface area contributed by atoms with Gasteiger partial charge in [-0.25, -0.2) is 9.97 Å². The highest BCUT2D eigenvalue weighted by Crippen LogP contribution is 2.03. The Labute approximate surface area is 100 Å².